The third-order valence-electron chi connectivity index (χ3n) is 5.35. The van der Waals surface area contributed by atoms with Crippen molar-refractivity contribution in [3.8, 4) is 11.4 Å². The van der Waals surface area contributed by atoms with Crippen LogP contribution in [0.25, 0.3) is 11.4 Å². The molecule has 1 aliphatic rings. The Hall–Kier alpha value is -2.40. The lowest BCUT2D eigenvalue weighted by molar-refractivity contribution is -0.125. The highest BCUT2D eigenvalue weighted by molar-refractivity contribution is 7.99. The molecular formula is C22H24ClN5O3S2. The zero-order valence-corrected chi connectivity index (χ0v) is 20.2. The fourth-order valence-corrected chi connectivity index (χ4v) is 5.93. The van der Waals surface area contributed by atoms with E-state index in [4.69, 9.17) is 11.6 Å². The first kappa shape index (κ1) is 23.7. The number of halogens is 1. The predicted octanol–water partition coefficient (Wildman–Crippen LogP) is 3.43. The number of hydrogen-bond acceptors (Lipinski definition) is 6. The third kappa shape index (κ3) is 5.94. The van der Waals surface area contributed by atoms with Gasteiger partial charge in [0.15, 0.2) is 5.82 Å². The van der Waals surface area contributed by atoms with Crippen molar-refractivity contribution in [2.75, 3.05) is 25.4 Å². The number of nitrogens with zero attached hydrogens (tertiary/aromatic N) is 3. The molecule has 2 N–H and O–H groups in total. The molecule has 1 atom stereocenters. The van der Waals surface area contributed by atoms with E-state index >= 15 is 0 Å². The molecule has 0 aliphatic carbocycles. The fourth-order valence-electron chi connectivity index (χ4n) is 3.63. The van der Waals surface area contributed by atoms with Crippen LogP contribution >= 0.6 is 23.4 Å². The van der Waals surface area contributed by atoms with E-state index in [0.717, 1.165) is 5.56 Å². The summed E-state index contributed by atoms with van der Waals surface area (Å²) in [5, 5.41) is 11.1. The highest BCUT2D eigenvalue weighted by atomic mass is 35.5. The van der Waals surface area contributed by atoms with E-state index in [1.54, 1.807) is 12.1 Å². The highest BCUT2D eigenvalue weighted by Crippen LogP contribution is 2.25. The van der Waals surface area contributed by atoms with E-state index in [9.17, 15) is 13.2 Å². The highest BCUT2D eigenvalue weighted by Gasteiger charge is 2.33. The van der Waals surface area contributed by atoms with Crippen molar-refractivity contribution in [2.24, 2.45) is 5.92 Å². The predicted molar refractivity (Wildman–Crippen MR) is 128 cm³/mol. The van der Waals surface area contributed by atoms with Crippen molar-refractivity contribution in [2.45, 2.75) is 22.9 Å². The molecule has 2 aromatic carbocycles. The van der Waals surface area contributed by atoms with E-state index in [2.05, 4.69) is 20.5 Å². The van der Waals surface area contributed by atoms with E-state index in [-0.39, 0.29) is 23.3 Å². The summed E-state index contributed by atoms with van der Waals surface area (Å²) in [5.41, 5.74) is 0.959. The minimum absolute atomic E-state index is 0.133. The number of piperidine rings is 1. The maximum absolute atomic E-state index is 12.9. The van der Waals surface area contributed by atoms with Gasteiger partial charge in [-0.1, -0.05) is 53.7 Å². The van der Waals surface area contributed by atoms with Gasteiger partial charge in [-0.2, -0.15) is 4.31 Å². The summed E-state index contributed by atoms with van der Waals surface area (Å²) in [4.78, 5) is 17.3. The number of amides is 1. The first-order valence-electron chi connectivity index (χ1n) is 10.6. The fraction of sp³-hybridized carbons (Fsp3) is 0.318. The van der Waals surface area contributed by atoms with Crippen LogP contribution in [-0.4, -0.2) is 59.2 Å². The molecule has 0 spiro atoms. The second-order valence-electron chi connectivity index (χ2n) is 7.63. The molecule has 1 aromatic heterocycles. The average molecular weight is 506 g/mol. The Bertz CT molecular complexity index is 1190. The van der Waals surface area contributed by atoms with Crippen molar-refractivity contribution in [1.82, 2.24) is 24.8 Å². The molecule has 174 valence electrons. The van der Waals surface area contributed by atoms with Crippen molar-refractivity contribution in [3.63, 3.8) is 0 Å². The molecule has 1 saturated heterocycles. The smallest absolute Gasteiger partial charge is 0.243 e. The minimum atomic E-state index is -3.66. The van der Waals surface area contributed by atoms with Crippen LogP contribution in [0, 0.1) is 5.92 Å². The van der Waals surface area contributed by atoms with Gasteiger partial charge in [-0.25, -0.2) is 13.4 Å². The molecule has 33 heavy (non-hydrogen) atoms. The van der Waals surface area contributed by atoms with Crippen LogP contribution in [0.2, 0.25) is 5.02 Å². The SMILES string of the molecule is O=C(NCCSc1n[nH]c(-c2ccccc2)n1)[C@@H]1CCCN(S(=O)(=O)c2ccc(Cl)cc2)C1. The van der Waals surface area contributed by atoms with Gasteiger partial charge in [0.2, 0.25) is 21.1 Å². The molecule has 11 heteroatoms. The quantitative estimate of drug-likeness (QED) is 0.358. The number of aromatic amines is 1. The molecule has 1 aliphatic heterocycles. The number of carbonyl (C=O) groups excluding carboxylic acids is 1. The van der Waals surface area contributed by atoms with Crippen LogP contribution in [0.15, 0.2) is 64.6 Å². The lowest BCUT2D eigenvalue weighted by Crippen LogP contribution is -2.45. The maximum atomic E-state index is 12.9. The standard InChI is InChI=1S/C22H24ClN5O3S2/c23-18-8-10-19(11-9-18)33(30,31)28-13-4-7-17(15-28)21(29)24-12-14-32-22-25-20(26-27-22)16-5-2-1-3-6-16/h1-3,5-6,8-11,17H,4,7,12-15H2,(H,24,29)(H,25,26,27)/t17-/m1/s1. The summed E-state index contributed by atoms with van der Waals surface area (Å²) in [6.45, 7) is 1.02. The Balaban J connectivity index is 1.26. The second kappa shape index (κ2) is 10.7. The van der Waals surface area contributed by atoms with Crippen molar-refractivity contribution < 1.29 is 13.2 Å². The van der Waals surface area contributed by atoms with Gasteiger partial charge < -0.3 is 5.32 Å². The second-order valence-corrected chi connectivity index (χ2v) is 11.1. The summed E-state index contributed by atoms with van der Waals surface area (Å²) in [6.07, 6.45) is 1.30. The number of sulfonamides is 1. The zero-order chi connectivity index (χ0) is 23.3. The van der Waals surface area contributed by atoms with Gasteiger partial charge in [-0.05, 0) is 37.1 Å². The van der Waals surface area contributed by atoms with Gasteiger partial charge in [0.25, 0.3) is 0 Å². The third-order valence-corrected chi connectivity index (χ3v) is 8.33. The summed E-state index contributed by atoms with van der Waals surface area (Å²) >= 11 is 7.31. The topological polar surface area (TPSA) is 108 Å². The average Bonchev–Trinajstić information content (AvgIpc) is 3.32. The lowest BCUT2D eigenvalue weighted by atomic mass is 9.99. The van der Waals surface area contributed by atoms with Crippen molar-refractivity contribution in [3.05, 3.63) is 59.6 Å². The number of carbonyl (C=O) groups is 1. The molecule has 1 amide bonds. The zero-order valence-electron chi connectivity index (χ0n) is 17.8. The number of thioether (sulfide) groups is 1. The Labute approximate surface area is 202 Å². The van der Waals surface area contributed by atoms with Gasteiger partial charge in [0, 0.05) is 36.0 Å². The van der Waals surface area contributed by atoms with Crippen LogP contribution in [-0.2, 0) is 14.8 Å². The molecule has 4 rings (SSSR count). The van der Waals surface area contributed by atoms with Gasteiger partial charge >= 0.3 is 0 Å². The monoisotopic (exact) mass is 505 g/mol. The number of H-pyrrole nitrogens is 1. The van der Waals surface area contributed by atoms with Gasteiger partial charge in [-0.15, -0.1) is 5.10 Å². The van der Waals surface area contributed by atoms with Crippen LogP contribution < -0.4 is 5.32 Å². The number of aromatic nitrogens is 3. The van der Waals surface area contributed by atoms with Crippen molar-refractivity contribution >= 4 is 39.3 Å². The number of benzene rings is 2. The summed E-state index contributed by atoms with van der Waals surface area (Å²) < 4.78 is 27.2. The summed E-state index contributed by atoms with van der Waals surface area (Å²) in [6, 6.07) is 15.8. The molecule has 0 radical (unpaired) electrons. The first-order valence-corrected chi connectivity index (χ1v) is 13.4. The Morgan fingerprint density at radius 3 is 2.70 bits per heavy atom. The lowest BCUT2D eigenvalue weighted by Gasteiger charge is -2.31. The summed E-state index contributed by atoms with van der Waals surface area (Å²) in [7, 11) is -3.66. The number of nitrogens with one attached hydrogen (secondary N) is 2. The van der Waals surface area contributed by atoms with Crippen LogP contribution in [0.4, 0.5) is 0 Å². The minimum Gasteiger partial charge on any atom is -0.355 e. The van der Waals surface area contributed by atoms with E-state index < -0.39 is 10.0 Å². The molecule has 2 heterocycles. The Morgan fingerprint density at radius 2 is 1.94 bits per heavy atom. The molecule has 1 fully saturated rings. The number of rotatable bonds is 8. The van der Waals surface area contributed by atoms with E-state index in [0.29, 0.717) is 47.7 Å². The maximum Gasteiger partial charge on any atom is 0.243 e. The molecular weight excluding hydrogens is 482 g/mol. The Morgan fingerprint density at radius 1 is 1.18 bits per heavy atom. The van der Waals surface area contributed by atoms with E-state index in [1.165, 1.54) is 28.2 Å². The molecule has 3 aromatic rings. The van der Waals surface area contributed by atoms with Crippen molar-refractivity contribution in [1.29, 1.82) is 0 Å². The van der Waals surface area contributed by atoms with Crippen LogP contribution in [0.3, 0.4) is 0 Å². The Kier molecular flexibility index (Phi) is 7.69. The van der Waals surface area contributed by atoms with E-state index in [1.807, 2.05) is 30.3 Å². The van der Waals surface area contributed by atoms with Gasteiger partial charge in [-0.3, -0.25) is 9.89 Å². The summed E-state index contributed by atoms with van der Waals surface area (Å²) in [5.74, 6) is 0.800. The van der Waals surface area contributed by atoms with Crippen LogP contribution in [0.5, 0.6) is 0 Å². The molecule has 0 saturated carbocycles. The molecule has 0 unspecified atom stereocenters. The number of hydrogen-bond donors (Lipinski definition) is 2. The van der Waals surface area contributed by atoms with Crippen LogP contribution in [0.1, 0.15) is 12.8 Å². The largest absolute Gasteiger partial charge is 0.355 e. The molecule has 8 nitrogen and oxygen atoms in total. The van der Waals surface area contributed by atoms with Gasteiger partial charge in [0.1, 0.15) is 0 Å². The molecule has 0 bridgehead atoms. The first-order chi connectivity index (χ1) is 15.9. The van der Waals surface area contributed by atoms with Gasteiger partial charge in [0.05, 0.1) is 10.8 Å². The normalized spacial score (nSPS) is 17.1.